The summed E-state index contributed by atoms with van der Waals surface area (Å²) in [5.41, 5.74) is 0.116. The Bertz CT molecular complexity index is 778. The monoisotopic (exact) mass is 332 g/mol. The molecule has 0 N–H and O–H groups in total. The molecule has 0 aliphatic carbocycles. The van der Waals surface area contributed by atoms with E-state index in [4.69, 9.17) is 0 Å². The van der Waals surface area contributed by atoms with Crippen LogP contribution in [0.4, 0.5) is 0 Å². The van der Waals surface area contributed by atoms with Gasteiger partial charge in [0.1, 0.15) is 0 Å². The summed E-state index contributed by atoms with van der Waals surface area (Å²) in [6.45, 7) is 0. The number of benzene rings is 2. The second-order valence-corrected chi connectivity index (χ2v) is 5.12. The summed E-state index contributed by atoms with van der Waals surface area (Å²) < 4.78 is 1.01. The molecule has 0 saturated heterocycles. The van der Waals surface area contributed by atoms with Gasteiger partial charge in [-0.3, -0.25) is 4.79 Å². The van der Waals surface area contributed by atoms with Crippen molar-refractivity contribution in [2.24, 2.45) is 0 Å². The first kappa shape index (κ1) is 10.7. The Labute approximate surface area is 112 Å². The maximum absolute atomic E-state index is 12.5. The van der Waals surface area contributed by atoms with Crippen LogP contribution in [0.3, 0.4) is 0 Å². The summed E-state index contributed by atoms with van der Waals surface area (Å²) in [6.07, 6.45) is 0. The van der Waals surface area contributed by atoms with Gasteiger partial charge < -0.3 is 0 Å². The zero-order valence-corrected chi connectivity index (χ0v) is 11.1. The third kappa shape index (κ3) is 1.72. The van der Waals surface area contributed by atoms with E-state index in [1.165, 1.54) is 0 Å². The minimum absolute atomic E-state index is 0.116. The minimum Gasteiger partial charge on any atom is -0.289 e. The lowest BCUT2D eigenvalue weighted by Crippen LogP contribution is -1.99. The van der Waals surface area contributed by atoms with Gasteiger partial charge in [0.2, 0.25) is 0 Å². The van der Waals surface area contributed by atoms with Gasteiger partial charge in [-0.05, 0) is 39.4 Å². The van der Waals surface area contributed by atoms with Gasteiger partial charge in [-0.2, -0.15) is 0 Å². The largest absolute Gasteiger partial charge is 0.289 e. The van der Waals surface area contributed by atoms with Crippen LogP contribution in [0.1, 0.15) is 0 Å². The molecule has 2 heteroatoms. The second-order valence-electron chi connectivity index (χ2n) is 3.95. The van der Waals surface area contributed by atoms with E-state index in [9.17, 15) is 4.79 Å². The SMILES string of the molecule is O=c1c2ccccc2ccc2cccc(I)c12. The maximum Gasteiger partial charge on any atom is 0.195 e. The van der Waals surface area contributed by atoms with E-state index in [1.54, 1.807) is 0 Å². The summed E-state index contributed by atoms with van der Waals surface area (Å²) in [5, 5.41) is 3.59. The van der Waals surface area contributed by atoms with Gasteiger partial charge in [0.05, 0.1) is 0 Å². The van der Waals surface area contributed by atoms with Crippen molar-refractivity contribution in [3.05, 3.63) is 68.4 Å². The van der Waals surface area contributed by atoms with Crippen LogP contribution in [-0.2, 0) is 0 Å². The van der Waals surface area contributed by atoms with Crippen molar-refractivity contribution in [1.82, 2.24) is 0 Å². The molecule has 0 fully saturated rings. The highest BCUT2D eigenvalue weighted by atomic mass is 127. The van der Waals surface area contributed by atoms with Gasteiger partial charge in [-0.25, -0.2) is 0 Å². The highest BCUT2D eigenvalue weighted by molar-refractivity contribution is 14.1. The molecule has 0 aliphatic heterocycles. The van der Waals surface area contributed by atoms with Crippen LogP contribution >= 0.6 is 22.6 Å². The number of halogens is 1. The molecular weight excluding hydrogens is 323 g/mol. The molecule has 3 aromatic rings. The van der Waals surface area contributed by atoms with Gasteiger partial charge in [0.15, 0.2) is 5.43 Å². The molecule has 17 heavy (non-hydrogen) atoms. The molecule has 0 unspecified atom stereocenters. The van der Waals surface area contributed by atoms with Crippen molar-refractivity contribution >= 4 is 44.1 Å². The first-order valence-corrected chi connectivity index (χ1v) is 6.45. The fourth-order valence-electron chi connectivity index (χ4n) is 2.08. The van der Waals surface area contributed by atoms with Gasteiger partial charge in [-0.1, -0.05) is 48.5 Å². The molecule has 0 heterocycles. The van der Waals surface area contributed by atoms with Crippen LogP contribution in [0.5, 0.6) is 0 Å². The summed E-state index contributed by atoms with van der Waals surface area (Å²) >= 11 is 2.22. The van der Waals surface area contributed by atoms with Crippen molar-refractivity contribution in [3.8, 4) is 0 Å². The van der Waals surface area contributed by atoms with Crippen molar-refractivity contribution in [2.75, 3.05) is 0 Å². The van der Waals surface area contributed by atoms with E-state index >= 15 is 0 Å². The zero-order valence-electron chi connectivity index (χ0n) is 8.98. The quantitative estimate of drug-likeness (QED) is 0.570. The Morgan fingerprint density at radius 1 is 0.765 bits per heavy atom. The summed E-state index contributed by atoms with van der Waals surface area (Å²) in [7, 11) is 0. The Kier molecular flexibility index (Phi) is 2.59. The minimum atomic E-state index is 0.116. The fraction of sp³-hybridized carbons (Fsp3) is 0. The molecule has 0 aromatic heterocycles. The Morgan fingerprint density at radius 3 is 2.35 bits per heavy atom. The molecule has 0 saturated carbocycles. The van der Waals surface area contributed by atoms with E-state index < -0.39 is 0 Å². The van der Waals surface area contributed by atoms with E-state index in [2.05, 4.69) is 22.6 Å². The lowest BCUT2D eigenvalue weighted by Gasteiger charge is -1.94. The fourth-order valence-corrected chi connectivity index (χ4v) is 2.85. The van der Waals surface area contributed by atoms with Crippen molar-refractivity contribution < 1.29 is 0 Å². The molecule has 0 amide bonds. The van der Waals surface area contributed by atoms with Crippen molar-refractivity contribution in [3.63, 3.8) is 0 Å². The molecule has 1 nitrogen and oxygen atoms in total. The predicted octanol–water partition coefficient (Wildman–Crippen LogP) is 3.96. The average molecular weight is 332 g/mol. The second kappa shape index (κ2) is 4.11. The molecule has 0 bridgehead atoms. The number of rotatable bonds is 0. The Hall–Kier alpha value is -1.42. The van der Waals surface area contributed by atoms with Crippen molar-refractivity contribution in [1.29, 1.82) is 0 Å². The van der Waals surface area contributed by atoms with E-state index in [0.717, 1.165) is 25.1 Å². The first-order valence-electron chi connectivity index (χ1n) is 5.38. The standard InChI is InChI=1S/C15H9IO/c16-13-7-3-5-11-9-8-10-4-1-2-6-12(10)15(17)14(11)13/h1-9H. The molecular formula is C15H9IO. The lowest BCUT2D eigenvalue weighted by atomic mass is 10.1. The maximum atomic E-state index is 12.5. The predicted molar refractivity (Wildman–Crippen MR) is 80.4 cm³/mol. The molecule has 82 valence electrons. The lowest BCUT2D eigenvalue weighted by molar-refractivity contribution is 1.71. The highest BCUT2D eigenvalue weighted by Gasteiger charge is 2.04. The summed E-state index contributed by atoms with van der Waals surface area (Å²) in [6, 6.07) is 17.7. The van der Waals surface area contributed by atoms with Gasteiger partial charge in [0, 0.05) is 14.3 Å². The van der Waals surface area contributed by atoms with Crippen LogP contribution < -0.4 is 5.43 Å². The number of fused-ring (bicyclic) bond motifs is 2. The van der Waals surface area contributed by atoms with Crippen LogP contribution in [0.25, 0.3) is 21.5 Å². The van der Waals surface area contributed by atoms with Gasteiger partial charge in [0.25, 0.3) is 0 Å². The zero-order chi connectivity index (χ0) is 11.8. The molecule has 3 aromatic carbocycles. The molecule has 0 radical (unpaired) electrons. The third-order valence-corrected chi connectivity index (χ3v) is 3.82. The molecule has 3 rings (SSSR count). The smallest absolute Gasteiger partial charge is 0.195 e. The van der Waals surface area contributed by atoms with Gasteiger partial charge in [-0.15, -0.1) is 0 Å². The summed E-state index contributed by atoms with van der Waals surface area (Å²) in [5.74, 6) is 0. The third-order valence-electron chi connectivity index (χ3n) is 2.92. The normalized spacial score (nSPS) is 10.9. The summed E-state index contributed by atoms with van der Waals surface area (Å²) in [4.78, 5) is 12.5. The Morgan fingerprint density at radius 2 is 1.47 bits per heavy atom. The van der Waals surface area contributed by atoms with E-state index in [-0.39, 0.29) is 5.43 Å². The van der Waals surface area contributed by atoms with Gasteiger partial charge >= 0.3 is 0 Å². The molecule has 0 atom stereocenters. The van der Waals surface area contributed by atoms with Crippen LogP contribution in [0.2, 0.25) is 0 Å². The van der Waals surface area contributed by atoms with Crippen LogP contribution in [-0.4, -0.2) is 0 Å². The topological polar surface area (TPSA) is 17.1 Å². The van der Waals surface area contributed by atoms with E-state index in [0.29, 0.717) is 0 Å². The van der Waals surface area contributed by atoms with E-state index in [1.807, 2.05) is 54.6 Å². The Balaban J connectivity index is 2.71. The van der Waals surface area contributed by atoms with Crippen molar-refractivity contribution in [2.45, 2.75) is 0 Å². The first-order chi connectivity index (χ1) is 8.27. The molecule has 0 spiro atoms. The molecule has 0 aliphatic rings. The average Bonchev–Trinajstić information content (AvgIpc) is 2.49. The van der Waals surface area contributed by atoms with Crippen LogP contribution in [0.15, 0.2) is 59.4 Å². The number of hydrogen-bond acceptors (Lipinski definition) is 1. The highest BCUT2D eigenvalue weighted by Crippen LogP contribution is 2.19. The number of hydrogen-bond donors (Lipinski definition) is 0. The van der Waals surface area contributed by atoms with Crippen LogP contribution in [0, 0.1) is 3.57 Å².